The van der Waals surface area contributed by atoms with E-state index in [4.69, 9.17) is 4.98 Å². The Hall–Kier alpha value is -1.10. The first-order valence-electron chi connectivity index (χ1n) is 8.50. The van der Waals surface area contributed by atoms with Gasteiger partial charge in [-0.25, -0.2) is 0 Å². The van der Waals surface area contributed by atoms with E-state index in [1.165, 1.54) is 32.1 Å². The molecule has 0 unspecified atom stereocenters. The van der Waals surface area contributed by atoms with Crippen LogP contribution in [0, 0.1) is 5.92 Å². The van der Waals surface area contributed by atoms with Crippen LogP contribution in [0.1, 0.15) is 58.7 Å². The molecular weight excluding hydrogens is 262 g/mol. The number of H-pyrrole nitrogens is 1. The molecule has 1 saturated carbocycles. The molecule has 1 aliphatic carbocycles. The second-order valence-electron chi connectivity index (χ2n) is 7.37. The van der Waals surface area contributed by atoms with Crippen molar-refractivity contribution >= 4 is 5.95 Å². The summed E-state index contributed by atoms with van der Waals surface area (Å²) in [4.78, 5) is 7.21. The van der Waals surface area contributed by atoms with Crippen molar-refractivity contribution in [3.8, 4) is 0 Å². The van der Waals surface area contributed by atoms with Crippen molar-refractivity contribution in [1.82, 2.24) is 20.5 Å². The lowest BCUT2D eigenvalue weighted by Crippen LogP contribution is -2.49. The average Bonchev–Trinajstić information content (AvgIpc) is 3.07. The molecule has 1 atom stereocenters. The van der Waals surface area contributed by atoms with Crippen molar-refractivity contribution in [1.29, 1.82) is 0 Å². The van der Waals surface area contributed by atoms with E-state index < -0.39 is 0 Å². The SMILES string of the molecule is CC(C)CC1(c2nc(N3CCN[C@@H](C)C3)n[nH]2)CCCC1. The van der Waals surface area contributed by atoms with Crippen LogP contribution in [0.25, 0.3) is 0 Å². The van der Waals surface area contributed by atoms with E-state index in [0.29, 0.717) is 12.0 Å². The van der Waals surface area contributed by atoms with Crippen LogP contribution >= 0.6 is 0 Å². The van der Waals surface area contributed by atoms with E-state index >= 15 is 0 Å². The van der Waals surface area contributed by atoms with Gasteiger partial charge in [0.15, 0.2) is 0 Å². The molecule has 1 aromatic rings. The molecule has 0 amide bonds. The number of hydrogen-bond acceptors (Lipinski definition) is 4. The topological polar surface area (TPSA) is 56.8 Å². The lowest BCUT2D eigenvalue weighted by Gasteiger charge is -2.31. The molecule has 5 nitrogen and oxygen atoms in total. The van der Waals surface area contributed by atoms with Gasteiger partial charge in [0.05, 0.1) is 0 Å². The molecule has 0 bridgehead atoms. The molecule has 0 spiro atoms. The lowest BCUT2D eigenvalue weighted by atomic mass is 9.78. The summed E-state index contributed by atoms with van der Waals surface area (Å²) in [6.45, 7) is 9.86. The molecule has 2 heterocycles. The molecule has 1 saturated heterocycles. The van der Waals surface area contributed by atoms with Gasteiger partial charge in [0.25, 0.3) is 0 Å². The first kappa shape index (κ1) is 14.8. The summed E-state index contributed by atoms with van der Waals surface area (Å²) in [6, 6.07) is 0.511. The van der Waals surface area contributed by atoms with Gasteiger partial charge < -0.3 is 10.2 Å². The van der Waals surface area contributed by atoms with Crippen LogP contribution in [0.2, 0.25) is 0 Å². The Morgan fingerprint density at radius 3 is 2.76 bits per heavy atom. The molecule has 1 aliphatic heterocycles. The number of rotatable bonds is 4. The minimum absolute atomic E-state index is 0.249. The van der Waals surface area contributed by atoms with Crippen LogP contribution in [-0.4, -0.2) is 40.9 Å². The van der Waals surface area contributed by atoms with Crippen LogP contribution < -0.4 is 10.2 Å². The smallest absolute Gasteiger partial charge is 0.244 e. The fourth-order valence-electron chi connectivity index (χ4n) is 4.12. The first-order valence-corrected chi connectivity index (χ1v) is 8.50. The molecule has 2 N–H and O–H groups in total. The van der Waals surface area contributed by atoms with Gasteiger partial charge in [0.1, 0.15) is 5.82 Å². The third-order valence-corrected chi connectivity index (χ3v) is 4.99. The quantitative estimate of drug-likeness (QED) is 0.895. The fourth-order valence-corrected chi connectivity index (χ4v) is 4.12. The van der Waals surface area contributed by atoms with Crippen LogP contribution in [0.3, 0.4) is 0 Å². The van der Waals surface area contributed by atoms with E-state index in [-0.39, 0.29) is 5.41 Å². The first-order chi connectivity index (χ1) is 10.1. The number of aromatic amines is 1. The van der Waals surface area contributed by atoms with Crippen LogP contribution in [0.5, 0.6) is 0 Å². The van der Waals surface area contributed by atoms with Crippen molar-refractivity contribution < 1.29 is 0 Å². The van der Waals surface area contributed by atoms with Gasteiger partial charge in [0.2, 0.25) is 5.95 Å². The number of piperazine rings is 1. The molecule has 1 aromatic heterocycles. The molecule has 0 radical (unpaired) electrons. The zero-order chi connectivity index (χ0) is 14.9. The van der Waals surface area contributed by atoms with E-state index in [1.807, 2.05) is 0 Å². The van der Waals surface area contributed by atoms with Crippen molar-refractivity contribution in [3.05, 3.63) is 5.82 Å². The summed E-state index contributed by atoms with van der Waals surface area (Å²) in [6.07, 6.45) is 6.40. The standard InChI is InChI=1S/C16H29N5/c1-12(2)10-16(6-4-5-7-16)14-18-15(20-19-14)21-9-8-17-13(3)11-21/h12-13,17H,4-11H2,1-3H3,(H,18,19,20)/t13-/m0/s1. The Morgan fingerprint density at radius 1 is 1.33 bits per heavy atom. The van der Waals surface area contributed by atoms with Crippen molar-refractivity contribution in [3.63, 3.8) is 0 Å². The highest BCUT2D eigenvalue weighted by molar-refractivity contribution is 5.32. The van der Waals surface area contributed by atoms with Gasteiger partial charge in [0, 0.05) is 31.1 Å². The molecule has 0 aromatic carbocycles. The van der Waals surface area contributed by atoms with Gasteiger partial charge in [-0.05, 0) is 32.1 Å². The third kappa shape index (κ3) is 3.07. The summed E-state index contributed by atoms with van der Waals surface area (Å²) in [7, 11) is 0. The Morgan fingerprint density at radius 2 is 2.10 bits per heavy atom. The molecule has 118 valence electrons. The van der Waals surface area contributed by atoms with Crippen molar-refractivity contribution in [2.45, 2.75) is 64.3 Å². The second kappa shape index (κ2) is 5.95. The van der Waals surface area contributed by atoms with Crippen molar-refractivity contribution in [2.24, 2.45) is 5.92 Å². The maximum absolute atomic E-state index is 4.91. The van der Waals surface area contributed by atoms with Crippen molar-refractivity contribution in [2.75, 3.05) is 24.5 Å². The van der Waals surface area contributed by atoms with Crippen LogP contribution in [0.4, 0.5) is 5.95 Å². The number of hydrogen-bond donors (Lipinski definition) is 2. The highest BCUT2D eigenvalue weighted by Gasteiger charge is 2.39. The lowest BCUT2D eigenvalue weighted by molar-refractivity contribution is 0.329. The molecule has 2 fully saturated rings. The summed E-state index contributed by atoms with van der Waals surface area (Å²) in [5.41, 5.74) is 0.249. The molecule has 2 aliphatic rings. The summed E-state index contributed by atoms with van der Waals surface area (Å²) < 4.78 is 0. The predicted octanol–water partition coefficient (Wildman–Crippen LogP) is 2.46. The normalized spacial score (nSPS) is 25.7. The minimum Gasteiger partial charge on any atom is -0.337 e. The van der Waals surface area contributed by atoms with E-state index in [1.54, 1.807) is 0 Å². The molecular formula is C16H29N5. The molecule has 3 rings (SSSR count). The summed E-state index contributed by atoms with van der Waals surface area (Å²) in [5, 5.41) is 11.3. The summed E-state index contributed by atoms with van der Waals surface area (Å²) in [5.74, 6) is 2.74. The monoisotopic (exact) mass is 291 g/mol. The van der Waals surface area contributed by atoms with E-state index in [9.17, 15) is 0 Å². The fraction of sp³-hybridized carbons (Fsp3) is 0.875. The highest BCUT2D eigenvalue weighted by atomic mass is 15.4. The predicted molar refractivity (Wildman–Crippen MR) is 85.7 cm³/mol. The van der Waals surface area contributed by atoms with Gasteiger partial charge >= 0.3 is 0 Å². The van der Waals surface area contributed by atoms with Gasteiger partial charge in [-0.2, -0.15) is 4.98 Å². The second-order valence-corrected chi connectivity index (χ2v) is 7.37. The number of aromatic nitrogens is 3. The minimum atomic E-state index is 0.249. The van der Waals surface area contributed by atoms with Gasteiger partial charge in [-0.15, -0.1) is 5.10 Å². The largest absolute Gasteiger partial charge is 0.337 e. The Balaban J connectivity index is 1.79. The Labute approximate surface area is 127 Å². The van der Waals surface area contributed by atoms with Gasteiger partial charge in [-0.1, -0.05) is 26.7 Å². The summed E-state index contributed by atoms with van der Waals surface area (Å²) >= 11 is 0. The number of anilines is 1. The van der Waals surface area contributed by atoms with Crippen LogP contribution in [0.15, 0.2) is 0 Å². The van der Waals surface area contributed by atoms with Crippen LogP contribution in [-0.2, 0) is 5.41 Å². The van der Waals surface area contributed by atoms with Gasteiger partial charge in [-0.3, -0.25) is 5.10 Å². The molecule has 5 heteroatoms. The zero-order valence-electron chi connectivity index (χ0n) is 13.7. The number of nitrogens with one attached hydrogen (secondary N) is 2. The average molecular weight is 291 g/mol. The Kier molecular flexibility index (Phi) is 4.20. The maximum atomic E-state index is 4.91. The number of nitrogens with zero attached hydrogens (tertiary/aromatic N) is 3. The zero-order valence-corrected chi connectivity index (χ0v) is 13.7. The third-order valence-electron chi connectivity index (χ3n) is 4.99. The highest BCUT2D eigenvalue weighted by Crippen LogP contribution is 2.44. The van der Waals surface area contributed by atoms with E-state index in [0.717, 1.165) is 31.4 Å². The Bertz CT molecular complexity index is 461. The molecule has 21 heavy (non-hydrogen) atoms. The maximum Gasteiger partial charge on any atom is 0.244 e. The van der Waals surface area contributed by atoms with E-state index in [2.05, 4.69) is 41.2 Å².